The second-order valence-corrected chi connectivity index (χ2v) is 5.54. The van der Waals surface area contributed by atoms with Gasteiger partial charge in [0.05, 0.1) is 6.61 Å². The van der Waals surface area contributed by atoms with E-state index in [1.807, 2.05) is 0 Å². The third-order valence-electron chi connectivity index (χ3n) is 3.53. The number of amides is 2. The van der Waals surface area contributed by atoms with Crippen LogP contribution in [0.3, 0.4) is 0 Å². The number of ether oxygens (including phenoxy) is 1. The predicted octanol–water partition coefficient (Wildman–Crippen LogP) is 2.96. The van der Waals surface area contributed by atoms with Gasteiger partial charge in [0.25, 0.3) is 11.8 Å². The van der Waals surface area contributed by atoms with Gasteiger partial charge in [0.15, 0.2) is 0 Å². The molecule has 1 heterocycles. The standard InChI is InChI=1S/C17H15ClN2O3/c18-13-3-1-12(2-4-13)17(22)19-14-5-7-15(8-6-14)20-9-10-23-11-16(20)21/h1-8H,9-11H2,(H,19,22). The quantitative estimate of drug-likeness (QED) is 0.941. The summed E-state index contributed by atoms with van der Waals surface area (Å²) in [6, 6.07) is 13.8. The van der Waals surface area contributed by atoms with Crippen LogP contribution in [0.2, 0.25) is 5.02 Å². The van der Waals surface area contributed by atoms with E-state index in [0.29, 0.717) is 29.4 Å². The number of rotatable bonds is 3. The van der Waals surface area contributed by atoms with E-state index in [1.165, 1.54) is 0 Å². The molecule has 1 N–H and O–H groups in total. The Balaban J connectivity index is 1.68. The van der Waals surface area contributed by atoms with Crippen molar-refractivity contribution in [3.8, 4) is 0 Å². The van der Waals surface area contributed by atoms with Gasteiger partial charge in [-0.1, -0.05) is 11.6 Å². The summed E-state index contributed by atoms with van der Waals surface area (Å²) in [6.07, 6.45) is 0. The number of nitrogens with zero attached hydrogens (tertiary/aromatic N) is 1. The molecule has 118 valence electrons. The van der Waals surface area contributed by atoms with Crippen LogP contribution in [-0.2, 0) is 9.53 Å². The molecule has 0 unspecified atom stereocenters. The lowest BCUT2D eigenvalue weighted by Gasteiger charge is -2.26. The first-order valence-electron chi connectivity index (χ1n) is 7.18. The molecule has 23 heavy (non-hydrogen) atoms. The maximum Gasteiger partial charge on any atom is 0.255 e. The molecule has 5 nitrogen and oxygen atoms in total. The lowest BCUT2D eigenvalue weighted by molar-refractivity contribution is -0.125. The summed E-state index contributed by atoms with van der Waals surface area (Å²) in [7, 11) is 0. The Morgan fingerprint density at radius 2 is 1.78 bits per heavy atom. The smallest absolute Gasteiger partial charge is 0.255 e. The fourth-order valence-corrected chi connectivity index (χ4v) is 2.45. The Labute approximate surface area is 138 Å². The van der Waals surface area contributed by atoms with Crippen molar-refractivity contribution in [3.63, 3.8) is 0 Å². The van der Waals surface area contributed by atoms with E-state index >= 15 is 0 Å². The van der Waals surface area contributed by atoms with Crippen LogP contribution in [0, 0.1) is 0 Å². The molecule has 3 rings (SSSR count). The molecule has 2 aromatic rings. The number of halogens is 1. The van der Waals surface area contributed by atoms with Gasteiger partial charge >= 0.3 is 0 Å². The fraction of sp³-hybridized carbons (Fsp3) is 0.176. The van der Waals surface area contributed by atoms with E-state index < -0.39 is 0 Å². The van der Waals surface area contributed by atoms with Crippen molar-refractivity contribution in [2.45, 2.75) is 0 Å². The van der Waals surface area contributed by atoms with Crippen LogP contribution in [0.25, 0.3) is 0 Å². The summed E-state index contributed by atoms with van der Waals surface area (Å²) in [4.78, 5) is 25.6. The lowest BCUT2D eigenvalue weighted by atomic mass is 10.2. The van der Waals surface area contributed by atoms with Crippen molar-refractivity contribution < 1.29 is 14.3 Å². The van der Waals surface area contributed by atoms with Gasteiger partial charge in [0.2, 0.25) is 0 Å². The van der Waals surface area contributed by atoms with E-state index in [-0.39, 0.29) is 18.4 Å². The van der Waals surface area contributed by atoms with Crippen LogP contribution in [0.15, 0.2) is 48.5 Å². The van der Waals surface area contributed by atoms with E-state index in [0.717, 1.165) is 5.69 Å². The third-order valence-corrected chi connectivity index (χ3v) is 3.78. The highest BCUT2D eigenvalue weighted by molar-refractivity contribution is 6.30. The molecule has 0 spiro atoms. The topological polar surface area (TPSA) is 58.6 Å². The molecule has 1 fully saturated rings. The molecule has 1 aliphatic heterocycles. The molecule has 2 aromatic carbocycles. The normalized spacial score (nSPS) is 14.7. The summed E-state index contributed by atoms with van der Waals surface area (Å²) < 4.78 is 5.11. The van der Waals surface area contributed by atoms with Gasteiger partial charge in [-0.05, 0) is 48.5 Å². The van der Waals surface area contributed by atoms with Gasteiger partial charge in [0, 0.05) is 28.5 Å². The van der Waals surface area contributed by atoms with Gasteiger partial charge in [0.1, 0.15) is 6.61 Å². The van der Waals surface area contributed by atoms with Crippen molar-refractivity contribution in [2.75, 3.05) is 30.0 Å². The first-order valence-corrected chi connectivity index (χ1v) is 7.56. The highest BCUT2D eigenvalue weighted by atomic mass is 35.5. The Morgan fingerprint density at radius 1 is 1.09 bits per heavy atom. The average Bonchev–Trinajstić information content (AvgIpc) is 2.57. The fourth-order valence-electron chi connectivity index (χ4n) is 2.32. The van der Waals surface area contributed by atoms with Gasteiger partial charge in [-0.3, -0.25) is 9.59 Å². The summed E-state index contributed by atoms with van der Waals surface area (Å²) in [6.45, 7) is 1.17. The zero-order valence-corrected chi connectivity index (χ0v) is 13.0. The highest BCUT2D eigenvalue weighted by Crippen LogP contribution is 2.20. The molecule has 1 aliphatic rings. The van der Waals surface area contributed by atoms with Gasteiger partial charge in [-0.15, -0.1) is 0 Å². The van der Waals surface area contributed by atoms with Crippen LogP contribution >= 0.6 is 11.6 Å². The Morgan fingerprint density at radius 3 is 2.43 bits per heavy atom. The minimum absolute atomic E-state index is 0.0609. The number of benzene rings is 2. The Bertz CT molecular complexity index is 714. The van der Waals surface area contributed by atoms with Gasteiger partial charge in [-0.2, -0.15) is 0 Å². The molecule has 0 aromatic heterocycles. The van der Waals surface area contributed by atoms with Crippen molar-refractivity contribution in [2.24, 2.45) is 0 Å². The minimum Gasteiger partial charge on any atom is -0.370 e. The maximum absolute atomic E-state index is 12.1. The van der Waals surface area contributed by atoms with E-state index in [9.17, 15) is 9.59 Å². The molecule has 0 bridgehead atoms. The Kier molecular flexibility index (Phi) is 4.60. The van der Waals surface area contributed by atoms with Crippen molar-refractivity contribution in [1.29, 1.82) is 0 Å². The number of carbonyl (C=O) groups is 2. The average molecular weight is 331 g/mol. The number of nitrogens with one attached hydrogen (secondary N) is 1. The minimum atomic E-state index is -0.211. The largest absolute Gasteiger partial charge is 0.370 e. The second-order valence-electron chi connectivity index (χ2n) is 5.11. The maximum atomic E-state index is 12.1. The third kappa shape index (κ3) is 3.70. The van der Waals surface area contributed by atoms with E-state index in [1.54, 1.807) is 53.4 Å². The lowest BCUT2D eigenvalue weighted by Crippen LogP contribution is -2.41. The summed E-state index contributed by atoms with van der Waals surface area (Å²) in [5.41, 5.74) is 1.99. The van der Waals surface area contributed by atoms with Crippen molar-refractivity contribution in [1.82, 2.24) is 0 Å². The Hall–Kier alpha value is -2.37. The predicted molar refractivity (Wildman–Crippen MR) is 89.0 cm³/mol. The van der Waals surface area contributed by atoms with Crippen LogP contribution in [0.4, 0.5) is 11.4 Å². The number of hydrogen-bond acceptors (Lipinski definition) is 3. The summed E-state index contributed by atoms with van der Waals surface area (Å²) in [5, 5.41) is 3.39. The molecular weight excluding hydrogens is 316 g/mol. The highest BCUT2D eigenvalue weighted by Gasteiger charge is 2.19. The van der Waals surface area contributed by atoms with Gasteiger partial charge < -0.3 is 15.0 Å². The van der Waals surface area contributed by atoms with E-state index in [2.05, 4.69) is 5.32 Å². The molecule has 0 aliphatic carbocycles. The van der Waals surface area contributed by atoms with E-state index in [4.69, 9.17) is 16.3 Å². The zero-order valence-electron chi connectivity index (χ0n) is 12.3. The van der Waals surface area contributed by atoms with Crippen molar-refractivity contribution in [3.05, 3.63) is 59.1 Å². The molecule has 0 atom stereocenters. The molecule has 1 saturated heterocycles. The van der Waals surface area contributed by atoms with Crippen LogP contribution in [0.1, 0.15) is 10.4 Å². The number of carbonyl (C=O) groups excluding carboxylic acids is 2. The summed E-state index contributed by atoms with van der Waals surface area (Å²) in [5.74, 6) is -0.272. The number of anilines is 2. The van der Waals surface area contributed by atoms with Crippen LogP contribution in [0.5, 0.6) is 0 Å². The molecule has 0 radical (unpaired) electrons. The van der Waals surface area contributed by atoms with Gasteiger partial charge in [-0.25, -0.2) is 0 Å². The number of hydrogen-bond donors (Lipinski definition) is 1. The molecule has 0 saturated carbocycles. The summed E-state index contributed by atoms with van der Waals surface area (Å²) >= 11 is 5.81. The second kappa shape index (κ2) is 6.81. The molecule has 6 heteroatoms. The SMILES string of the molecule is O=C(Nc1ccc(N2CCOCC2=O)cc1)c1ccc(Cl)cc1. The van der Waals surface area contributed by atoms with Crippen LogP contribution < -0.4 is 10.2 Å². The molecular formula is C17H15ClN2O3. The van der Waals surface area contributed by atoms with Crippen molar-refractivity contribution >= 4 is 34.8 Å². The first kappa shape index (κ1) is 15.5. The van der Waals surface area contributed by atoms with Crippen LogP contribution in [-0.4, -0.2) is 31.6 Å². The number of morpholine rings is 1. The first-order chi connectivity index (χ1) is 11.1. The molecule has 2 amide bonds. The monoisotopic (exact) mass is 330 g/mol. The zero-order chi connectivity index (χ0) is 16.2.